The van der Waals surface area contributed by atoms with Crippen molar-refractivity contribution >= 4 is 34.0 Å². The Labute approximate surface area is 179 Å². The molecule has 0 atom stereocenters. The van der Waals surface area contributed by atoms with Crippen LogP contribution >= 0.6 is 11.3 Å². The van der Waals surface area contributed by atoms with E-state index < -0.39 is 0 Å². The Hall–Kier alpha value is -2.99. The molecule has 0 radical (unpaired) electrons. The van der Waals surface area contributed by atoms with Gasteiger partial charge in [0.15, 0.2) is 5.13 Å². The van der Waals surface area contributed by atoms with Crippen molar-refractivity contribution in [2.75, 3.05) is 16.8 Å². The highest BCUT2D eigenvalue weighted by atomic mass is 32.1. The standard InChI is InChI=1S/C24H23N3O2S/c1-15-5-7-17(8-6-15)23(29)27-12-11-19-13-18(9-10-21(19)27)20-14-30-24(25-20)26-22(28)16-3-2-4-16/h5-10,13-14,16H,2-4,11-12H2,1H3,(H,25,26,28). The molecule has 30 heavy (non-hydrogen) atoms. The summed E-state index contributed by atoms with van der Waals surface area (Å²) >= 11 is 1.45. The predicted molar refractivity (Wildman–Crippen MR) is 120 cm³/mol. The number of carbonyl (C=O) groups is 2. The Balaban J connectivity index is 1.33. The molecule has 2 heterocycles. The summed E-state index contributed by atoms with van der Waals surface area (Å²) in [7, 11) is 0. The predicted octanol–water partition coefficient (Wildman–Crippen LogP) is 5.06. The number of amides is 2. The SMILES string of the molecule is Cc1ccc(C(=O)N2CCc3cc(-c4csc(NC(=O)C5CCC5)n4)ccc32)cc1. The molecule has 5 rings (SSSR count). The number of nitrogens with zero attached hydrogens (tertiary/aromatic N) is 2. The van der Waals surface area contributed by atoms with Crippen molar-refractivity contribution in [3.63, 3.8) is 0 Å². The summed E-state index contributed by atoms with van der Waals surface area (Å²) in [4.78, 5) is 31.5. The molecule has 1 saturated carbocycles. The van der Waals surface area contributed by atoms with Gasteiger partial charge in [0, 0.05) is 34.7 Å². The number of hydrogen-bond acceptors (Lipinski definition) is 4. The van der Waals surface area contributed by atoms with Gasteiger partial charge in [-0.15, -0.1) is 11.3 Å². The van der Waals surface area contributed by atoms with Crippen LogP contribution in [0.4, 0.5) is 10.8 Å². The fraction of sp³-hybridized carbons (Fsp3) is 0.292. The van der Waals surface area contributed by atoms with Crippen molar-refractivity contribution in [3.05, 3.63) is 64.5 Å². The molecule has 1 aliphatic heterocycles. The van der Waals surface area contributed by atoms with Crippen LogP contribution in [-0.4, -0.2) is 23.3 Å². The van der Waals surface area contributed by atoms with Gasteiger partial charge in [-0.1, -0.05) is 30.2 Å². The molecule has 2 aromatic carbocycles. The van der Waals surface area contributed by atoms with Crippen molar-refractivity contribution in [1.29, 1.82) is 0 Å². The van der Waals surface area contributed by atoms with Crippen LogP contribution < -0.4 is 10.2 Å². The number of rotatable bonds is 4. The summed E-state index contributed by atoms with van der Waals surface area (Å²) in [6.45, 7) is 2.70. The fourth-order valence-corrected chi connectivity index (χ4v) is 4.69. The molecule has 1 aliphatic carbocycles. The fourth-order valence-electron chi connectivity index (χ4n) is 3.97. The number of anilines is 2. The van der Waals surface area contributed by atoms with Crippen LogP contribution in [-0.2, 0) is 11.2 Å². The van der Waals surface area contributed by atoms with Gasteiger partial charge in [-0.05, 0) is 56.0 Å². The first-order valence-corrected chi connectivity index (χ1v) is 11.2. The van der Waals surface area contributed by atoms with Gasteiger partial charge in [-0.25, -0.2) is 4.98 Å². The number of thiazole rings is 1. The van der Waals surface area contributed by atoms with E-state index >= 15 is 0 Å². The summed E-state index contributed by atoms with van der Waals surface area (Å²) in [6, 6.07) is 13.8. The number of aryl methyl sites for hydroxylation is 1. The number of benzene rings is 2. The first-order valence-electron chi connectivity index (χ1n) is 10.4. The largest absolute Gasteiger partial charge is 0.308 e. The monoisotopic (exact) mass is 417 g/mol. The van der Waals surface area contributed by atoms with E-state index in [-0.39, 0.29) is 17.7 Å². The Kier molecular flexibility index (Phi) is 4.87. The van der Waals surface area contributed by atoms with Crippen LogP contribution in [0, 0.1) is 12.8 Å². The third-order valence-electron chi connectivity index (χ3n) is 6.02. The zero-order valence-electron chi connectivity index (χ0n) is 16.9. The van der Waals surface area contributed by atoms with E-state index in [0.29, 0.717) is 17.2 Å². The summed E-state index contributed by atoms with van der Waals surface area (Å²) < 4.78 is 0. The third-order valence-corrected chi connectivity index (χ3v) is 6.78. The minimum Gasteiger partial charge on any atom is -0.308 e. The number of fused-ring (bicyclic) bond motifs is 1. The molecule has 0 spiro atoms. The van der Waals surface area contributed by atoms with E-state index in [2.05, 4.69) is 16.4 Å². The molecule has 0 unspecified atom stereocenters. The molecule has 5 nitrogen and oxygen atoms in total. The van der Waals surface area contributed by atoms with Crippen LogP contribution in [0.1, 0.15) is 40.7 Å². The molecular formula is C24H23N3O2S. The van der Waals surface area contributed by atoms with Crippen LogP contribution in [0.2, 0.25) is 0 Å². The van der Waals surface area contributed by atoms with Gasteiger partial charge >= 0.3 is 0 Å². The van der Waals surface area contributed by atoms with Crippen molar-refractivity contribution in [1.82, 2.24) is 4.98 Å². The highest BCUT2D eigenvalue weighted by molar-refractivity contribution is 7.14. The minimum absolute atomic E-state index is 0.0381. The molecule has 1 N–H and O–H groups in total. The second kappa shape index (κ2) is 7.69. The quantitative estimate of drug-likeness (QED) is 0.645. The van der Waals surface area contributed by atoms with Crippen molar-refractivity contribution in [2.45, 2.75) is 32.6 Å². The van der Waals surface area contributed by atoms with E-state index in [0.717, 1.165) is 53.8 Å². The van der Waals surface area contributed by atoms with E-state index in [9.17, 15) is 9.59 Å². The first-order chi connectivity index (χ1) is 14.6. The highest BCUT2D eigenvalue weighted by Crippen LogP contribution is 2.35. The molecule has 2 aliphatic rings. The lowest BCUT2D eigenvalue weighted by Gasteiger charge is -2.23. The zero-order chi connectivity index (χ0) is 20.7. The highest BCUT2D eigenvalue weighted by Gasteiger charge is 2.27. The molecule has 1 fully saturated rings. The van der Waals surface area contributed by atoms with Crippen LogP contribution in [0.5, 0.6) is 0 Å². The average Bonchev–Trinajstić information content (AvgIpc) is 3.33. The Bertz CT molecular complexity index is 1120. The minimum atomic E-state index is 0.0381. The van der Waals surface area contributed by atoms with Crippen molar-refractivity contribution in [3.8, 4) is 11.3 Å². The summed E-state index contributed by atoms with van der Waals surface area (Å²) in [5.41, 5.74) is 5.85. The van der Waals surface area contributed by atoms with Crippen LogP contribution in [0.25, 0.3) is 11.3 Å². The van der Waals surface area contributed by atoms with Gasteiger partial charge in [0.2, 0.25) is 5.91 Å². The lowest BCUT2D eigenvalue weighted by Crippen LogP contribution is -2.28. The van der Waals surface area contributed by atoms with Crippen LogP contribution in [0.3, 0.4) is 0 Å². The lowest BCUT2D eigenvalue weighted by molar-refractivity contribution is -0.122. The van der Waals surface area contributed by atoms with E-state index in [1.165, 1.54) is 11.3 Å². The molecule has 0 saturated heterocycles. The van der Waals surface area contributed by atoms with Crippen LogP contribution in [0.15, 0.2) is 47.8 Å². The summed E-state index contributed by atoms with van der Waals surface area (Å²) in [5.74, 6) is 0.270. The maximum atomic E-state index is 12.9. The van der Waals surface area contributed by atoms with Gasteiger partial charge in [0.25, 0.3) is 5.91 Å². The molecular weight excluding hydrogens is 394 g/mol. The maximum Gasteiger partial charge on any atom is 0.258 e. The third kappa shape index (κ3) is 3.52. The van der Waals surface area contributed by atoms with Gasteiger partial charge in [-0.3, -0.25) is 9.59 Å². The van der Waals surface area contributed by atoms with Gasteiger partial charge in [0.1, 0.15) is 0 Å². The van der Waals surface area contributed by atoms with Gasteiger partial charge in [-0.2, -0.15) is 0 Å². The molecule has 0 bridgehead atoms. The number of aromatic nitrogens is 1. The molecule has 1 aromatic heterocycles. The second-order valence-corrected chi connectivity index (χ2v) is 8.93. The second-order valence-electron chi connectivity index (χ2n) is 8.07. The molecule has 3 aromatic rings. The van der Waals surface area contributed by atoms with Gasteiger partial charge in [0.05, 0.1) is 5.69 Å². The molecule has 6 heteroatoms. The Morgan fingerprint density at radius 1 is 1.13 bits per heavy atom. The van der Waals surface area contributed by atoms with Crippen molar-refractivity contribution < 1.29 is 9.59 Å². The maximum absolute atomic E-state index is 12.9. The molecule has 2 amide bonds. The van der Waals surface area contributed by atoms with Crippen molar-refractivity contribution in [2.24, 2.45) is 5.92 Å². The topological polar surface area (TPSA) is 62.3 Å². The Morgan fingerprint density at radius 3 is 2.67 bits per heavy atom. The normalized spacial score (nSPS) is 15.6. The number of carbonyl (C=O) groups excluding carboxylic acids is 2. The number of nitrogens with one attached hydrogen (secondary N) is 1. The van der Waals surface area contributed by atoms with E-state index in [1.807, 2.05) is 53.6 Å². The van der Waals surface area contributed by atoms with Gasteiger partial charge < -0.3 is 10.2 Å². The summed E-state index contributed by atoms with van der Waals surface area (Å²) in [5, 5.41) is 5.57. The molecule has 152 valence electrons. The number of hydrogen-bond donors (Lipinski definition) is 1. The average molecular weight is 418 g/mol. The van der Waals surface area contributed by atoms with E-state index in [1.54, 1.807) is 0 Å². The first kappa shape index (κ1) is 19.0. The zero-order valence-corrected chi connectivity index (χ0v) is 17.7. The smallest absolute Gasteiger partial charge is 0.258 e. The Morgan fingerprint density at radius 2 is 1.93 bits per heavy atom. The lowest BCUT2D eigenvalue weighted by atomic mass is 9.85. The summed E-state index contributed by atoms with van der Waals surface area (Å²) in [6.07, 6.45) is 3.93. The van der Waals surface area contributed by atoms with E-state index in [4.69, 9.17) is 0 Å².